The SMILES string of the molecule is COc1ccc(NC(=O)c2ccc(OCc3ccccc3)cc2)cc1F. The van der Waals surface area contributed by atoms with E-state index in [-0.39, 0.29) is 11.7 Å². The van der Waals surface area contributed by atoms with E-state index in [9.17, 15) is 9.18 Å². The minimum absolute atomic E-state index is 0.128. The van der Waals surface area contributed by atoms with Crippen LogP contribution in [-0.4, -0.2) is 13.0 Å². The molecule has 1 amide bonds. The fourth-order valence-corrected chi connectivity index (χ4v) is 2.39. The van der Waals surface area contributed by atoms with Crippen molar-refractivity contribution in [2.75, 3.05) is 12.4 Å². The molecule has 0 aromatic heterocycles. The Hall–Kier alpha value is -3.34. The Balaban J connectivity index is 1.60. The number of amides is 1. The average molecular weight is 351 g/mol. The number of halogens is 1. The van der Waals surface area contributed by atoms with Gasteiger partial charge in [0.1, 0.15) is 12.4 Å². The summed E-state index contributed by atoms with van der Waals surface area (Å²) >= 11 is 0. The van der Waals surface area contributed by atoms with E-state index in [1.165, 1.54) is 19.2 Å². The van der Waals surface area contributed by atoms with Gasteiger partial charge in [-0.3, -0.25) is 4.79 Å². The molecular weight excluding hydrogens is 333 g/mol. The van der Waals surface area contributed by atoms with Crippen LogP contribution in [0.2, 0.25) is 0 Å². The molecule has 4 nitrogen and oxygen atoms in total. The number of carbonyl (C=O) groups is 1. The highest BCUT2D eigenvalue weighted by molar-refractivity contribution is 6.04. The number of carbonyl (C=O) groups excluding carboxylic acids is 1. The van der Waals surface area contributed by atoms with Gasteiger partial charge >= 0.3 is 0 Å². The molecule has 0 atom stereocenters. The lowest BCUT2D eigenvalue weighted by molar-refractivity contribution is 0.102. The predicted molar refractivity (Wildman–Crippen MR) is 98.1 cm³/mol. The van der Waals surface area contributed by atoms with Gasteiger partial charge in [-0.25, -0.2) is 4.39 Å². The summed E-state index contributed by atoms with van der Waals surface area (Å²) in [7, 11) is 1.39. The zero-order valence-electron chi connectivity index (χ0n) is 14.2. The maximum atomic E-state index is 13.7. The summed E-state index contributed by atoms with van der Waals surface area (Å²) < 4.78 is 24.2. The molecule has 3 aromatic rings. The third-order valence-corrected chi connectivity index (χ3v) is 3.77. The fraction of sp³-hybridized carbons (Fsp3) is 0.0952. The summed E-state index contributed by atoms with van der Waals surface area (Å²) in [6, 6.07) is 20.9. The molecule has 0 bridgehead atoms. The molecule has 132 valence electrons. The normalized spacial score (nSPS) is 10.2. The Morgan fingerprint density at radius 1 is 1.00 bits per heavy atom. The molecule has 0 unspecified atom stereocenters. The van der Waals surface area contributed by atoms with E-state index in [0.717, 1.165) is 5.56 Å². The molecule has 0 saturated carbocycles. The van der Waals surface area contributed by atoms with E-state index < -0.39 is 5.82 Å². The van der Waals surface area contributed by atoms with Crippen molar-refractivity contribution in [2.45, 2.75) is 6.61 Å². The van der Waals surface area contributed by atoms with Gasteiger partial charge in [0.05, 0.1) is 7.11 Å². The standard InChI is InChI=1S/C21H18FNO3/c1-25-20-12-9-17(13-19(20)22)23-21(24)16-7-10-18(11-8-16)26-14-15-5-3-2-4-6-15/h2-13H,14H2,1H3,(H,23,24). The van der Waals surface area contributed by atoms with E-state index in [1.54, 1.807) is 30.3 Å². The quantitative estimate of drug-likeness (QED) is 0.702. The number of ether oxygens (including phenoxy) is 2. The monoisotopic (exact) mass is 351 g/mol. The Kier molecular flexibility index (Phi) is 5.49. The summed E-state index contributed by atoms with van der Waals surface area (Å²) in [6.07, 6.45) is 0. The fourth-order valence-electron chi connectivity index (χ4n) is 2.39. The van der Waals surface area contributed by atoms with Gasteiger partial charge in [-0.05, 0) is 42.0 Å². The van der Waals surface area contributed by atoms with Gasteiger partial charge < -0.3 is 14.8 Å². The molecule has 0 fully saturated rings. The maximum absolute atomic E-state index is 13.7. The van der Waals surface area contributed by atoms with Gasteiger partial charge in [0.15, 0.2) is 11.6 Å². The van der Waals surface area contributed by atoms with Crippen LogP contribution in [0.25, 0.3) is 0 Å². The second kappa shape index (κ2) is 8.16. The van der Waals surface area contributed by atoms with Crippen molar-refractivity contribution >= 4 is 11.6 Å². The van der Waals surface area contributed by atoms with E-state index in [1.807, 2.05) is 30.3 Å². The minimum atomic E-state index is -0.532. The zero-order valence-corrected chi connectivity index (χ0v) is 14.2. The van der Waals surface area contributed by atoms with Gasteiger partial charge in [-0.1, -0.05) is 30.3 Å². The number of benzene rings is 3. The van der Waals surface area contributed by atoms with Crippen LogP contribution < -0.4 is 14.8 Å². The van der Waals surface area contributed by atoms with Crippen LogP contribution >= 0.6 is 0 Å². The Bertz CT molecular complexity index is 880. The lowest BCUT2D eigenvalue weighted by Gasteiger charge is -2.09. The minimum Gasteiger partial charge on any atom is -0.494 e. The van der Waals surface area contributed by atoms with Crippen LogP contribution in [-0.2, 0) is 6.61 Å². The molecule has 0 heterocycles. The Morgan fingerprint density at radius 2 is 1.73 bits per heavy atom. The topological polar surface area (TPSA) is 47.6 Å². The van der Waals surface area contributed by atoms with E-state index in [0.29, 0.717) is 23.6 Å². The van der Waals surface area contributed by atoms with E-state index in [2.05, 4.69) is 5.32 Å². The van der Waals surface area contributed by atoms with Crippen molar-refractivity contribution in [1.82, 2.24) is 0 Å². The maximum Gasteiger partial charge on any atom is 0.255 e. The van der Waals surface area contributed by atoms with Gasteiger partial charge in [0.25, 0.3) is 5.91 Å². The molecule has 3 rings (SSSR count). The highest BCUT2D eigenvalue weighted by Crippen LogP contribution is 2.21. The van der Waals surface area contributed by atoms with Gasteiger partial charge in [-0.15, -0.1) is 0 Å². The summed E-state index contributed by atoms with van der Waals surface area (Å²) in [4.78, 5) is 12.3. The summed E-state index contributed by atoms with van der Waals surface area (Å²) in [5, 5.41) is 2.65. The van der Waals surface area contributed by atoms with Crippen LogP contribution in [0.1, 0.15) is 15.9 Å². The van der Waals surface area contributed by atoms with Crippen LogP contribution in [0.15, 0.2) is 72.8 Å². The van der Waals surface area contributed by atoms with Crippen molar-refractivity contribution in [3.8, 4) is 11.5 Å². The number of anilines is 1. The lowest BCUT2D eigenvalue weighted by Crippen LogP contribution is -2.12. The summed E-state index contributed by atoms with van der Waals surface area (Å²) in [6.45, 7) is 0.456. The first kappa shape index (κ1) is 17.5. The smallest absolute Gasteiger partial charge is 0.255 e. The van der Waals surface area contributed by atoms with Crippen LogP contribution in [0.4, 0.5) is 10.1 Å². The molecule has 5 heteroatoms. The Labute approximate surface area is 151 Å². The highest BCUT2D eigenvalue weighted by atomic mass is 19.1. The molecule has 0 aliphatic heterocycles. The molecule has 1 N–H and O–H groups in total. The number of hydrogen-bond donors (Lipinski definition) is 1. The molecule has 0 radical (unpaired) electrons. The molecule has 0 aliphatic rings. The second-order valence-corrected chi connectivity index (χ2v) is 5.60. The van der Waals surface area contributed by atoms with Crippen LogP contribution in [0.5, 0.6) is 11.5 Å². The largest absolute Gasteiger partial charge is 0.494 e. The van der Waals surface area contributed by atoms with Crippen LogP contribution in [0, 0.1) is 5.82 Å². The molecule has 0 saturated heterocycles. The lowest BCUT2D eigenvalue weighted by atomic mass is 10.2. The van der Waals surface area contributed by atoms with Gasteiger partial charge in [-0.2, -0.15) is 0 Å². The van der Waals surface area contributed by atoms with E-state index >= 15 is 0 Å². The zero-order chi connectivity index (χ0) is 18.4. The third kappa shape index (κ3) is 4.39. The number of rotatable bonds is 6. The van der Waals surface area contributed by atoms with Gasteiger partial charge in [0.2, 0.25) is 0 Å². The number of hydrogen-bond acceptors (Lipinski definition) is 3. The highest BCUT2D eigenvalue weighted by Gasteiger charge is 2.09. The van der Waals surface area contributed by atoms with E-state index in [4.69, 9.17) is 9.47 Å². The molecule has 26 heavy (non-hydrogen) atoms. The first-order chi connectivity index (χ1) is 12.7. The first-order valence-corrected chi connectivity index (χ1v) is 8.07. The number of methoxy groups -OCH3 is 1. The Morgan fingerprint density at radius 3 is 2.38 bits per heavy atom. The molecule has 0 aliphatic carbocycles. The predicted octanol–water partition coefficient (Wildman–Crippen LogP) is 4.67. The van der Waals surface area contributed by atoms with Crippen molar-refractivity contribution < 1.29 is 18.7 Å². The molecular formula is C21H18FNO3. The molecule has 0 spiro atoms. The summed E-state index contributed by atoms with van der Waals surface area (Å²) in [5.41, 5.74) is 1.88. The van der Waals surface area contributed by atoms with Crippen molar-refractivity contribution in [3.63, 3.8) is 0 Å². The van der Waals surface area contributed by atoms with Crippen molar-refractivity contribution in [2.24, 2.45) is 0 Å². The van der Waals surface area contributed by atoms with Gasteiger partial charge in [0, 0.05) is 17.3 Å². The second-order valence-electron chi connectivity index (χ2n) is 5.60. The number of nitrogens with one attached hydrogen (secondary N) is 1. The van der Waals surface area contributed by atoms with Crippen molar-refractivity contribution in [3.05, 3.63) is 89.7 Å². The van der Waals surface area contributed by atoms with Crippen LogP contribution in [0.3, 0.4) is 0 Å². The third-order valence-electron chi connectivity index (χ3n) is 3.77. The van der Waals surface area contributed by atoms with Crippen molar-refractivity contribution in [1.29, 1.82) is 0 Å². The molecule has 3 aromatic carbocycles. The first-order valence-electron chi connectivity index (χ1n) is 8.07. The average Bonchev–Trinajstić information content (AvgIpc) is 2.68. The summed E-state index contributed by atoms with van der Waals surface area (Å²) in [5.74, 6) is -0.0667.